The summed E-state index contributed by atoms with van der Waals surface area (Å²) in [4.78, 5) is 14.7. The van der Waals surface area contributed by atoms with Crippen LogP contribution in [-0.2, 0) is 11.2 Å². The molecule has 0 aromatic heterocycles. The van der Waals surface area contributed by atoms with Gasteiger partial charge in [0.25, 0.3) is 0 Å². The Bertz CT molecular complexity index is 441. The van der Waals surface area contributed by atoms with Crippen molar-refractivity contribution >= 4 is 23.1 Å². The smallest absolute Gasteiger partial charge is 0.232 e. The predicted molar refractivity (Wildman–Crippen MR) is 80.9 cm³/mol. The molecule has 2 rings (SSSR count). The first kappa shape index (κ1) is 14.0. The van der Waals surface area contributed by atoms with Gasteiger partial charge >= 0.3 is 0 Å². The van der Waals surface area contributed by atoms with Crippen LogP contribution in [0.2, 0.25) is 0 Å². The zero-order chi connectivity index (χ0) is 13.7. The molecule has 1 aromatic carbocycles. The Kier molecular flexibility index (Phi) is 4.91. The molecular formula is C15H20N2OS. The SMILES string of the molecule is NC(=S)C(Cc1ccccc1)C(=O)N1CCCCC1. The van der Waals surface area contributed by atoms with Gasteiger partial charge in [0.2, 0.25) is 5.91 Å². The standard InChI is InChI=1S/C15H20N2OS/c16-14(19)13(11-12-7-3-1-4-8-12)15(18)17-9-5-2-6-10-17/h1,3-4,7-8,13H,2,5-6,9-11H2,(H2,16,19). The highest BCUT2D eigenvalue weighted by Crippen LogP contribution is 2.16. The minimum atomic E-state index is -0.365. The number of hydrogen-bond acceptors (Lipinski definition) is 2. The van der Waals surface area contributed by atoms with Gasteiger partial charge in [-0.15, -0.1) is 0 Å². The summed E-state index contributed by atoms with van der Waals surface area (Å²) in [5.41, 5.74) is 6.88. The lowest BCUT2D eigenvalue weighted by Gasteiger charge is -2.30. The van der Waals surface area contributed by atoms with Gasteiger partial charge in [-0.25, -0.2) is 0 Å². The van der Waals surface area contributed by atoms with Gasteiger partial charge in [-0.05, 0) is 31.2 Å². The van der Waals surface area contributed by atoms with Crippen molar-refractivity contribution in [1.29, 1.82) is 0 Å². The van der Waals surface area contributed by atoms with Crippen LogP contribution in [0.4, 0.5) is 0 Å². The minimum Gasteiger partial charge on any atom is -0.393 e. The lowest BCUT2D eigenvalue weighted by atomic mass is 9.97. The molecule has 2 N–H and O–H groups in total. The van der Waals surface area contributed by atoms with Crippen molar-refractivity contribution in [3.8, 4) is 0 Å². The molecule has 0 bridgehead atoms. The summed E-state index contributed by atoms with van der Waals surface area (Å²) >= 11 is 5.09. The number of carbonyl (C=O) groups is 1. The molecule has 1 amide bonds. The first-order chi connectivity index (χ1) is 9.18. The summed E-state index contributed by atoms with van der Waals surface area (Å²) in [6.45, 7) is 1.68. The molecule has 1 atom stereocenters. The molecule has 1 saturated heterocycles. The third-order valence-electron chi connectivity index (χ3n) is 3.59. The van der Waals surface area contributed by atoms with Crippen LogP contribution in [0, 0.1) is 5.92 Å². The van der Waals surface area contributed by atoms with E-state index in [9.17, 15) is 4.79 Å². The minimum absolute atomic E-state index is 0.0936. The summed E-state index contributed by atoms with van der Waals surface area (Å²) < 4.78 is 0. The van der Waals surface area contributed by atoms with E-state index < -0.39 is 0 Å². The summed E-state index contributed by atoms with van der Waals surface area (Å²) in [7, 11) is 0. The van der Waals surface area contributed by atoms with Crippen molar-refractivity contribution in [3.05, 3.63) is 35.9 Å². The number of benzene rings is 1. The van der Waals surface area contributed by atoms with E-state index in [-0.39, 0.29) is 11.8 Å². The molecular weight excluding hydrogens is 256 g/mol. The monoisotopic (exact) mass is 276 g/mol. The highest BCUT2D eigenvalue weighted by Gasteiger charge is 2.27. The van der Waals surface area contributed by atoms with Crippen molar-refractivity contribution in [1.82, 2.24) is 4.90 Å². The van der Waals surface area contributed by atoms with E-state index in [4.69, 9.17) is 18.0 Å². The van der Waals surface area contributed by atoms with Crippen molar-refractivity contribution < 1.29 is 4.79 Å². The van der Waals surface area contributed by atoms with Gasteiger partial charge in [-0.1, -0.05) is 42.5 Å². The van der Waals surface area contributed by atoms with Crippen LogP contribution in [0.15, 0.2) is 30.3 Å². The molecule has 1 aliphatic heterocycles. The summed E-state index contributed by atoms with van der Waals surface area (Å²) in [6.07, 6.45) is 3.98. The topological polar surface area (TPSA) is 46.3 Å². The number of thiocarbonyl (C=S) groups is 1. The maximum Gasteiger partial charge on any atom is 0.232 e. The first-order valence-electron chi connectivity index (χ1n) is 6.80. The number of rotatable bonds is 4. The normalized spacial score (nSPS) is 16.9. The average molecular weight is 276 g/mol. The van der Waals surface area contributed by atoms with Gasteiger partial charge in [0.1, 0.15) is 0 Å². The van der Waals surface area contributed by atoms with Gasteiger partial charge < -0.3 is 10.6 Å². The maximum absolute atomic E-state index is 12.5. The van der Waals surface area contributed by atoms with E-state index in [2.05, 4.69) is 0 Å². The fraction of sp³-hybridized carbons (Fsp3) is 0.467. The number of likely N-dealkylation sites (tertiary alicyclic amines) is 1. The van der Waals surface area contributed by atoms with Gasteiger partial charge in [0.15, 0.2) is 0 Å². The van der Waals surface area contributed by atoms with Gasteiger partial charge in [-0.2, -0.15) is 0 Å². The Morgan fingerprint density at radius 1 is 1.21 bits per heavy atom. The molecule has 19 heavy (non-hydrogen) atoms. The van der Waals surface area contributed by atoms with Crippen molar-refractivity contribution in [3.63, 3.8) is 0 Å². The second-order valence-corrected chi connectivity index (χ2v) is 5.50. The van der Waals surface area contributed by atoms with Crippen molar-refractivity contribution in [2.24, 2.45) is 11.7 Å². The molecule has 0 spiro atoms. The second-order valence-electron chi connectivity index (χ2n) is 5.03. The maximum atomic E-state index is 12.5. The second kappa shape index (κ2) is 6.66. The number of nitrogens with two attached hydrogens (primary N) is 1. The first-order valence-corrected chi connectivity index (χ1v) is 7.21. The fourth-order valence-electron chi connectivity index (χ4n) is 2.49. The van der Waals surface area contributed by atoms with Crippen LogP contribution in [0.25, 0.3) is 0 Å². The predicted octanol–water partition coefficient (Wildman–Crippen LogP) is 2.14. The molecule has 0 saturated carbocycles. The van der Waals surface area contributed by atoms with Crippen LogP contribution < -0.4 is 5.73 Å². The number of nitrogens with zero attached hydrogens (tertiary/aromatic N) is 1. The summed E-state index contributed by atoms with van der Waals surface area (Å²) in [5.74, 6) is -0.272. The largest absolute Gasteiger partial charge is 0.393 e. The molecule has 1 fully saturated rings. The Hall–Kier alpha value is -1.42. The van der Waals surface area contributed by atoms with Crippen molar-refractivity contribution in [2.45, 2.75) is 25.7 Å². The van der Waals surface area contributed by atoms with E-state index >= 15 is 0 Å². The summed E-state index contributed by atoms with van der Waals surface area (Å²) in [6, 6.07) is 9.92. The molecule has 0 aliphatic carbocycles. The van der Waals surface area contributed by atoms with E-state index in [1.54, 1.807) is 0 Å². The van der Waals surface area contributed by atoms with Crippen LogP contribution in [0.3, 0.4) is 0 Å². The van der Waals surface area contributed by atoms with E-state index in [1.165, 1.54) is 6.42 Å². The number of amides is 1. The summed E-state index contributed by atoms with van der Waals surface area (Å²) in [5, 5.41) is 0. The lowest BCUT2D eigenvalue weighted by Crippen LogP contribution is -2.44. The Morgan fingerprint density at radius 2 is 1.84 bits per heavy atom. The van der Waals surface area contributed by atoms with Crippen molar-refractivity contribution in [2.75, 3.05) is 13.1 Å². The molecule has 1 aliphatic rings. The average Bonchev–Trinajstić information content (AvgIpc) is 2.46. The third-order valence-corrected chi connectivity index (χ3v) is 3.88. The molecule has 102 valence electrons. The quantitative estimate of drug-likeness (QED) is 0.857. The van der Waals surface area contributed by atoms with E-state index in [1.807, 2.05) is 35.2 Å². The molecule has 1 unspecified atom stereocenters. The van der Waals surface area contributed by atoms with Crippen LogP contribution in [0.1, 0.15) is 24.8 Å². The Balaban J connectivity index is 2.07. The van der Waals surface area contributed by atoms with Crippen LogP contribution in [-0.4, -0.2) is 28.9 Å². The number of piperidine rings is 1. The van der Waals surface area contributed by atoms with E-state index in [0.29, 0.717) is 11.4 Å². The zero-order valence-electron chi connectivity index (χ0n) is 11.0. The molecule has 0 radical (unpaired) electrons. The van der Waals surface area contributed by atoms with E-state index in [0.717, 1.165) is 31.5 Å². The Labute approximate surface area is 119 Å². The van der Waals surface area contributed by atoms with Crippen LogP contribution >= 0.6 is 12.2 Å². The fourth-order valence-corrected chi connectivity index (χ4v) is 2.68. The number of carbonyl (C=O) groups excluding carboxylic acids is 1. The molecule has 1 heterocycles. The molecule has 4 heteroatoms. The van der Waals surface area contributed by atoms with Crippen LogP contribution in [0.5, 0.6) is 0 Å². The van der Waals surface area contributed by atoms with Gasteiger partial charge in [-0.3, -0.25) is 4.79 Å². The third kappa shape index (κ3) is 3.77. The Morgan fingerprint density at radius 3 is 2.42 bits per heavy atom. The highest BCUT2D eigenvalue weighted by molar-refractivity contribution is 7.80. The van der Waals surface area contributed by atoms with Gasteiger partial charge in [0.05, 0.1) is 10.9 Å². The number of hydrogen-bond donors (Lipinski definition) is 1. The lowest BCUT2D eigenvalue weighted by molar-refractivity contribution is -0.134. The van der Waals surface area contributed by atoms with Gasteiger partial charge in [0, 0.05) is 13.1 Å². The highest BCUT2D eigenvalue weighted by atomic mass is 32.1. The molecule has 1 aromatic rings. The zero-order valence-corrected chi connectivity index (χ0v) is 11.9. The molecule has 3 nitrogen and oxygen atoms in total.